The summed E-state index contributed by atoms with van der Waals surface area (Å²) in [6, 6.07) is 0. The van der Waals surface area contributed by atoms with Crippen LogP contribution in [0.5, 0.6) is 0 Å². The zero-order chi connectivity index (χ0) is 16.9. The van der Waals surface area contributed by atoms with Crippen molar-refractivity contribution in [3.05, 3.63) is 36.7 Å². The summed E-state index contributed by atoms with van der Waals surface area (Å²) >= 11 is 0. The predicted molar refractivity (Wildman–Crippen MR) is 92.1 cm³/mol. The topological polar surface area (TPSA) is 57.7 Å². The van der Waals surface area contributed by atoms with E-state index >= 15 is 0 Å². The van der Waals surface area contributed by atoms with Crippen molar-refractivity contribution < 1.29 is 13.2 Å². The van der Waals surface area contributed by atoms with Crippen LogP contribution >= 0.6 is 0 Å². The fourth-order valence-corrected chi connectivity index (χ4v) is 4.10. The van der Waals surface area contributed by atoms with Crippen molar-refractivity contribution >= 4 is 15.8 Å². The van der Waals surface area contributed by atoms with Gasteiger partial charge in [0.2, 0.25) is 10.0 Å². The Morgan fingerprint density at radius 1 is 1.13 bits per heavy atom. The van der Waals surface area contributed by atoms with E-state index in [4.69, 9.17) is 0 Å². The van der Waals surface area contributed by atoms with E-state index in [9.17, 15) is 13.2 Å². The average molecular weight is 338 g/mol. The highest BCUT2D eigenvalue weighted by Gasteiger charge is 2.39. The molecule has 1 unspecified atom stereocenters. The van der Waals surface area contributed by atoms with Gasteiger partial charge in [-0.25, -0.2) is 12.7 Å². The lowest BCUT2D eigenvalue weighted by atomic mass is 9.87. The number of nitrogens with zero attached hydrogens (tertiary/aromatic N) is 2. The molecule has 2 rings (SSSR count). The molecule has 2 aliphatic rings. The Hall–Kier alpha value is -1.40. The molecule has 0 spiro atoms. The normalized spacial score (nSPS) is 25.0. The Balaban J connectivity index is 1.96. The Kier molecular flexibility index (Phi) is 6.18. The van der Waals surface area contributed by atoms with E-state index in [0.717, 1.165) is 12.8 Å². The first-order valence-electron chi connectivity index (χ1n) is 8.17. The molecule has 6 heteroatoms. The Labute approximate surface area is 139 Å². The van der Waals surface area contributed by atoms with Crippen molar-refractivity contribution in [2.24, 2.45) is 11.8 Å². The number of carbonyl (C=O) groups excluding carboxylic acids is 1. The van der Waals surface area contributed by atoms with E-state index in [1.165, 1.54) is 10.6 Å². The molecule has 1 saturated heterocycles. The Morgan fingerprint density at radius 2 is 1.78 bits per heavy atom. The van der Waals surface area contributed by atoms with Crippen LogP contribution in [-0.4, -0.2) is 49.3 Å². The molecule has 0 aromatic heterocycles. The van der Waals surface area contributed by atoms with Crippen molar-refractivity contribution in [3.63, 3.8) is 0 Å². The van der Waals surface area contributed by atoms with Crippen LogP contribution in [0.15, 0.2) is 36.7 Å². The smallest absolute Gasteiger partial charge is 0.211 e. The maximum absolute atomic E-state index is 12.6. The van der Waals surface area contributed by atoms with Crippen LogP contribution in [0, 0.1) is 11.8 Å². The minimum absolute atomic E-state index is 0.152. The van der Waals surface area contributed by atoms with E-state index in [1.54, 1.807) is 0 Å². The van der Waals surface area contributed by atoms with Gasteiger partial charge in [0.05, 0.1) is 6.26 Å². The van der Waals surface area contributed by atoms with Gasteiger partial charge in [0.15, 0.2) is 0 Å². The van der Waals surface area contributed by atoms with Crippen LogP contribution in [0.2, 0.25) is 0 Å². The first-order valence-corrected chi connectivity index (χ1v) is 10.0. The number of rotatable bonds is 7. The standard InChI is InChI=1S/C17H26N2O3S/c1-3-8-15-13-19(23(2,21)22)14-16(15)17(20)9-12-18-10-6-4-5-7-11-18/h4-7,10-11,15-16H,3,8-9,12-14H2,1-2H3/t15-,16?/m0/s1. The molecule has 2 heterocycles. The van der Waals surface area contributed by atoms with Crippen molar-refractivity contribution in [3.8, 4) is 0 Å². The van der Waals surface area contributed by atoms with Gasteiger partial charge in [-0.1, -0.05) is 25.5 Å². The third-order valence-electron chi connectivity index (χ3n) is 4.45. The second-order valence-corrected chi connectivity index (χ2v) is 8.24. The lowest BCUT2D eigenvalue weighted by Gasteiger charge is -2.19. The summed E-state index contributed by atoms with van der Waals surface area (Å²) in [5.74, 6) is 0.162. The van der Waals surface area contributed by atoms with Crippen molar-refractivity contribution in [1.82, 2.24) is 9.21 Å². The highest BCUT2D eigenvalue weighted by molar-refractivity contribution is 7.88. The largest absolute Gasteiger partial charge is 0.354 e. The van der Waals surface area contributed by atoms with Crippen LogP contribution in [0.25, 0.3) is 0 Å². The Bertz CT molecular complexity index is 591. The molecule has 0 aliphatic carbocycles. The van der Waals surface area contributed by atoms with Gasteiger partial charge in [-0.2, -0.15) is 0 Å². The van der Waals surface area contributed by atoms with Crippen LogP contribution in [0.4, 0.5) is 0 Å². The summed E-state index contributed by atoms with van der Waals surface area (Å²) in [6.45, 7) is 3.53. The van der Waals surface area contributed by atoms with Crippen LogP contribution in [0.3, 0.4) is 0 Å². The first-order chi connectivity index (χ1) is 10.9. The number of Topliss-reactive ketones (excluding diaryl/α,β-unsaturated/α-hetero) is 1. The summed E-state index contributed by atoms with van der Waals surface area (Å²) in [7, 11) is -3.22. The second kappa shape index (κ2) is 7.93. The van der Waals surface area contributed by atoms with E-state index in [2.05, 4.69) is 6.92 Å². The summed E-state index contributed by atoms with van der Waals surface area (Å²) in [5, 5.41) is 0. The second-order valence-electron chi connectivity index (χ2n) is 6.26. The number of carbonyl (C=O) groups is 1. The van der Waals surface area contributed by atoms with E-state index in [1.807, 2.05) is 41.6 Å². The number of ketones is 1. The molecule has 0 aromatic carbocycles. The molecule has 23 heavy (non-hydrogen) atoms. The number of allylic oxidation sites excluding steroid dienone is 4. The van der Waals surface area contributed by atoms with Gasteiger partial charge >= 0.3 is 0 Å². The number of hydrogen-bond acceptors (Lipinski definition) is 4. The van der Waals surface area contributed by atoms with Crippen molar-refractivity contribution in [2.45, 2.75) is 26.2 Å². The quantitative estimate of drug-likeness (QED) is 0.714. The van der Waals surface area contributed by atoms with E-state index < -0.39 is 10.0 Å². The predicted octanol–water partition coefficient (Wildman–Crippen LogP) is 2.15. The number of sulfonamides is 1. The number of hydrogen-bond donors (Lipinski definition) is 0. The highest BCUT2D eigenvalue weighted by atomic mass is 32.2. The molecule has 2 aliphatic heterocycles. The van der Waals surface area contributed by atoms with Gasteiger partial charge in [-0.3, -0.25) is 4.79 Å². The molecule has 5 nitrogen and oxygen atoms in total. The third-order valence-corrected chi connectivity index (χ3v) is 5.69. The zero-order valence-electron chi connectivity index (χ0n) is 13.9. The van der Waals surface area contributed by atoms with Gasteiger partial charge < -0.3 is 4.90 Å². The minimum Gasteiger partial charge on any atom is -0.354 e. The molecule has 128 valence electrons. The summed E-state index contributed by atoms with van der Waals surface area (Å²) in [6.07, 6.45) is 15.2. The molecule has 1 fully saturated rings. The average Bonchev–Trinajstić information content (AvgIpc) is 2.75. The van der Waals surface area contributed by atoms with Crippen LogP contribution in [-0.2, 0) is 14.8 Å². The monoisotopic (exact) mass is 338 g/mol. The molecule has 0 aromatic rings. The lowest BCUT2D eigenvalue weighted by molar-refractivity contribution is -0.123. The van der Waals surface area contributed by atoms with Crippen LogP contribution in [0.1, 0.15) is 26.2 Å². The van der Waals surface area contributed by atoms with Gasteiger partial charge in [0, 0.05) is 44.4 Å². The summed E-state index contributed by atoms with van der Waals surface area (Å²) in [4.78, 5) is 14.6. The molecule has 0 saturated carbocycles. The van der Waals surface area contributed by atoms with Gasteiger partial charge in [-0.05, 0) is 24.5 Å². The van der Waals surface area contributed by atoms with Crippen molar-refractivity contribution in [2.75, 3.05) is 25.9 Å². The fourth-order valence-electron chi connectivity index (χ4n) is 3.20. The fraction of sp³-hybridized carbons (Fsp3) is 0.588. The van der Waals surface area contributed by atoms with E-state index in [0.29, 0.717) is 26.1 Å². The molecule has 2 atom stereocenters. The maximum Gasteiger partial charge on any atom is 0.211 e. The summed E-state index contributed by atoms with van der Waals surface area (Å²) < 4.78 is 25.0. The molecular weight excluding hydrogens is 312 g/mol. The zero-order valence-corrected chi connectivity index (χ0v) is 14.7. The maximum atomic E-state index is 12.6. The SMILES string of the molecule is CCC[C@H]1CN(S(C)(=O)=O)CC1C(=O)CCN1C=CC=CC=C1. The van der Waals surface area contributed by atoms with Gasteiger partial charge in [0.25, 0.3) is 0 Å². The van der Waals surface area contributed by atoms with E-state index in [-0.39, 0.29) is 17.6 Å². The minimum atomic E-state index is -3.22. The summed E-state index contributed by atoms with van der Waals surface area (Å²) in [5.41, 5.74) is 0. The van der Waals surface area contributed by atoms with Gasteiger partial charge in [0.1, 0.15) is 5.78 Å². The van der Waals surface area contributed by atoms with Crippen LogP contribution < -0.4 is 0 Å². The molecule has 0 N–H and O–H groups in total. The lowest BCUT2D eigenvalue weighted by Crippen LogP contribution is -2.29. The first kappa shape index (κ1) is 17.9. The molecule has 0 amide bonds. The third kappa shape index (κ3) is 5.04. The van der Waals surface area contributed by atoms with Crippen molar-refractivity contribution in [1.29, 1.82) is 0 Å². The molecular formula is C17H26N2O3S. The molecule has 0 bridgehead atoms. The molecule has 0 radical (unpaired) electrons. The highest BCUT2D eigenvalue weighted by Crippen LogP contribution is 2.30. The van der Waals surface area contributed by atoms with Gasteiger partial charge in [-0.15, -0.1) is 0 Å². The Morgan fingerprint density at radius 3 is 2.35 bits per heavy atom.